The third kappa shape index (κ3) is 2.82. The second-order valence-electron chi connectivity index (χ2n) is 4.66. The second kappa shape index (κ2) is 5.44. The molecule has 1 atom stereocenters. The van der Waals surface area contributed by atoms with Gasteiger partial charge in [-0.1, -0.05) is 31.9 Å². The van der Waals surface area contributed by atoms with E-state index in [2.05, 4.69) is 12.2 Å². The number of halogens is 1. The fourth-order valence-electron chi connectivity index (χ4n) is 2.52. The second-order valence-corrected chi connectivity index (χ2v) is 4.66. The van der Waals surface area contributed by atoms with E-state index in [1.165, 1.54) is 31.2 Å². The Labute approximate surface area is 97.1 Å². The molecule has 0 saturated heterocycles. The molecule has 0 heterocycles. The van der Waals surface area contributed by atoms with Crippen molar-refractivity contribution in [3.05, 3.63) is 35.6 Å². The number of rotatable bonds is 4. The molecule has 0 bridgehead atoms. The molecule has 16 heavy (non-hydrogen) atoms. The van der Waals surface area contributed by atoms with Gasteiger partial charge in [0.1, 0.15) is 5.82 Å². The predicted molar refractivity (Wildman–Crippen MR) is 64.8 cm³/mol. The largest absolute Gasteiger partial charge is 0.307 e. The van der Waals surface area contributed by atoms with Gasteiger partial charge in [0.25, 0.3) is 0 Å². The van der Waals surface area contributed by atoms with Crippen molar-refractivity contribution in [2.24, 2.45) is 0 Å². The van der Waals surface area contributed by atoms with E-state index in [0.29, 0.717) is 12.1 Å². The molecule has 1 aliphatic carbocycles. The highest BCUT2D eigenvalue weighted by atomic mass is 19.1. The third-order valence-corrected chi connectivity index (χ3v) is 3.47. The lowest BCUT2D eigenvalue weighted by molar-refractivity contribution is 0.430. The summed E-state index contributed by atoms with van der Waals surface area (Å²) in [4.78, 5) is 0. The molecule has 0 spiro atoms. The molecular formula is C14H20FN. The number of hydrogen-bond donors (Lipinski definition) is 1. The van der Waals surface area contributed by atoms with Crippen LogP contribution in [0.2, 0.25) is 0 Å². The maximum absolute atomic E-state index is 12.8. The monoisotopic (exact) mass is 221 g/mol. The van der Waals surface area contributed by atoms with Crippen LogP contribution in [0.4, 0.5) is 4.39 Å². The summed E-state index contributed by atoms with van der Waals surface area (Å²) in [7, 11) is 0. The molecule has 0 aliphatic heterocycles. The molecule has 1 aliphatic rings. The van der Waals surface area contributed by atoms with Crippen LogP contribution in [0.25, 0.3) is 0 Å². The van der Waals surface area contributed by atoms with E-state index in [0.717, 1.165) is 6.42 Å². The van der Waals surface area contributed by atoms with Gasteiger partial charge in [0.05, 0.1) is 0 Å². The standard InChI is InChI=1S/C14H20FN/c1-2-14(16-13-5-3-4-6-13)11-7-9-12(15)10-8-11/h7-10,13-14,16H,2-6H2,1H3. The van der Waals surface area contributed by atoms with Crippen LogP contribution < -0.4 is 5.32 Å². The molecule has 1 saturated carbocycles. The minimum absolute atomic E-state index is 0.153. The van der Waals surface area contributed by atoms with E-state index < -0.39 is 0 Å². The van der Waals surface area contributed by atoms with Gasteiger partial charge in [0.2, 0.25) is 0 Å². The molecule has 1 N–H and O–H groups in total. The Morgan fingerprint density at radius 2 is 1.88 bits per heavy atom. The average molecular weight is 221 g/mol. The van der Waals surface area contributed by atoms with Crippen molar-refractivity contribution in [2.75, 3.05) is 0 Å². The first-order chi connectivity index (χ1) is 7.79. The molecule has 2 heteroatoms. The summed E-state index contributed by atoms with van der Waals surface area (Å²) in [6, 6.07) is 7.93. The molecule has 88 valence electrons. The maximum atomic E-state index is 12.8. The Balaban J connectivity index is 2.00. The molecule has 1 fully saturated rings. The van der Waals surface area contributed by atoms with Crippen molar-refractivity contribution in [1.82, 2.24) is 5.32 Å². The van der Waals surface area contributed by atoms with E-state index in [9.17, 15) is 4.39 Å². The highest BCUT2D eigenvalue weighted by Gasteiger charge is 2.18. The van der Waals surface area contributed by atoms with Gasteiger partial charge in [0.15, 0.2) is 0 Å². The van der Waals surface area contributed by atoms with Crippen LogP contribution >= 0.6 is 0 Å². The van der Waals surface area contributed by atoms with Crippen molar-refractivity contribution >= 4 is 0 Å². The lowest BCUT2D eigenvalue weighted by Crippen LogP contribution is -2.30. The van der Waals surface area contributed by atoms with E-state index in [4.69, 9.17) is 0 Å². The van der Waals surface area contributed by atoms with Crippen molar-refractivity contribution in [1.29, 1.82) is 0 Å². The van der Waals surface area contributed by atoms with E-state index in [1.54, 1.807) is 12.1 Å². The Kier molecular flexibility index (Phi) is 3.94. The first-order valence-corrected chi connectivity index (χ1v) is 6.31. The summed E-state index contributed by atoms with van der Waals surface area (Å²) in [5.74, 6) is -0.153. The van der Waals surface area contributed by atoms with Gasteiger partial charge in [-0.2, -0.15) is 0 Å². The van der Waals surface area contributed by atoms with E-state index in [1.807, 2.05) is 12.1 Å². The lowest BCUT2D eigenvalue weighted by atomic mass is 10.0. The normalized spacial score (nSPS) is 18.9. The third-order valence-electron chi connectivity index (χ3n) is 3.47. The molecule has 2 rings (SSSR count). The van der Waals surface area contributed by atoms with Gasteiger partial charge in [0, 0.05) is 12.1 Å². The molecule has 1 aromatic rings. The Morgan fingerprint density at radius 3 is 2.44 bits per heavy atom. The summed E-state index contributed by atoms with van der Waals surface area (Å²) in [6.45, 7) is 2.18. The van der Waals surface area contributed by atoms with Gasteiger partial charge in [-0.05, 0) is 37.0 Å². The van der Waals surface area contributed by atoms with Crippen LogP contribution in [-0.2, 0) is 0 Å². The Hall–Kier alpha value is -0.890. The molecule has 1 aromatic carbocycles. The summed E-state index contributed by atoms with van der Waals surface area (Å²) in [5.41, 5.74) is 1.20. The van der Waals surface area contributed by atoms with Crippen molar-refractivity contribution in [3.63, 3.8) is 0 Å². The van der Waals surface area contributed by atoms with Crippen LogP contribution in [0.1, 0.15) is 50.6 Å². The minimum atomic E-state index is -0.153. The van der Waals surface area contributed by atoms with Crippen molar-refractivity contribution in [2.45, 2.75) is 51.1 Å². The molecule has 0 amide bonds. The van der Waals surface area contributed by atoms with E-state index >= 15 is 0 Å². The van der Waals surface area contributed by atoms with Gasteiger partial charge < -0.3 is 5.32 Å². The minimum Gasteiger partial charge on any atom is -0.307 e. The summed E-state index contributed by atoms with van der Waals surface area (Å²) in [6.07, 6.45) is 6.33. The van der Waals surface area contributed by atoms with Crippen LogP contribution in [0.5, 0.6) is 0 Å². The van der Waals surface area contributed by atoms with Crippen LogP contribution in [0.15, 0.2) is 24.3 Å². The van der Waals surface area contributed by atoms with E-state index in [-0.39, 0.29) is 5.82 Å². The highest BCUT2D eigenvalue weighted by molar-refractivity contribution is 5.20. The summed E-state index contributed by atoms with van der Waals surface area (Å²) in [5, 5.41) is 3.68. The summed E-state index contributed by atoms with van der Waals surface area (Å²) >= 11 is 0. The van der Waals surface area contributed by atoms with Crippen molar-refractivity contribution in [3.8, 4) is 0 Å². The molecular weight excluding hydrogens is 201 g/mol. The molecule has 1 nitrogen and oxygen atoms in total. The highest BCUT2D eigenvalue weighted by Crippen LogP contribution is 2.24. The zero-order valence-electron chi connectivity index (χ0n) is 9.88. The molecule has 0 aromatic heterocycles. The SMILES string of the molecule is CCC(NC1CCCC1)c1ccc(F)cc1. The Morgan fingerprint density at radius 1 is 1.25 bits per heavy atom. The smallest absolute Gasteiger partial charge is 0.123 e. The first kappa shape index (κ1) is 11.6. The maximum Gasteiger partial charge on any atom is 0.123 e. The summed E-state index contributed by atoms with van der Waals surface area (Å²) < 4.78 is 12.8. The zero-order valence-corrected chi connectivity index (χ0v) is 9.88. The zero-order chi connectivity index (χ0) is 11.4. The number of benzene rings is 1. The Bertz CT molecular complexity index is 314. The van der Waals surface area contributed by atoms with Gasteiger partial charge in [-0.3, -0.25) is 0 Å². The van der Waals surface area contributed by atoms with Crippen LogP contribution in [-0.4, -0.2) is 6.04 Å². The first-order valence-electron chi connectivity index (χ1n) is 6.31. The van der Waals surface area contributed by atoms with Gasteiger partial charge >= 0.3 is 0 Å². The molecule has 1 unspecified atom stereocenters. The van der Waals surface area contributed by atoms with Crippen LogP contribution in [0.3, 0.4) is 0 Å². The lowest BCUT2D eigenvalue weighted by Gasteiger charge is -2.22. The molecule has 0 radical (unpaired) electrons. The van der Waals surface area contributed by atoms with Crippen LogP contribution in [0, 0.1) is 5.82 Å². The predicted octanol–water partition coefficient (Wildman–Crippen LogP) is 3.81. The van der Waals surface area contributed by atoms with Gasteiger partial charge in [-0.25, -0.2) is 4.39 Å². The fourth-order valence-corrected chi connectivity index (χ4v) is 2.52. The van der Waals surface area contributed by atoms with Gasteiger partial charge in [-0.15, -0.1) is 0 Å². The topological polar surface area (TPSA) is 12.0 Å². The fraction of sp³-hybridized carbons (Fsp3) is 0.571. The van der Waals surface area contributed by atoms with Crippen molar-refractivity contribution < 1.29 is 4.39 Å². The number of nitrogens with one attached hydrogen (secondary N) is 1. The number of hydrogen-bond acceptors (Lipinski definition) is 1. The average Bonchev–Trinajstić information content (AvgIpc) is 2.80. The quantitative estimate of drug-likeness (QED) is 0.815.